The van der Waals surface area contributed by atoms with E-state index >= 15 is 0 Å². The number of pyridine rings is 1. The maximum absolute atomic E-state index is 11.3. The minimum atomic E-state index is -0.524. The second-order valence-corrected chi connectivity index (χ2v) is 4.27. The van der Waals surface area contributed by atoms with Crippen molar-refractivity contribution in [1.82, 2.24) is 4.98 Å². The predicted octanol–water partition coefficient (Wildman–Crippen LogP) is 1.90. The third-order valence-corrected chi connectivity index (χ3v) is 2.78. The lowest BCUT2D eigenvalue weighted by atomic mass is 10.0. The van der Waals surface area contributed by atoms with Gasteiger partial charge in [-0.25, -0.2) is 4.98 Å². The number of aromatic nitrogens is 1. The largest absolute Gasteiger partial charge is 0.366 e. The number of nitrogens with zero attached hydrogens (tertiary/aromatic N) is 3. The second kappa shape index (κ2) is 5.21. The standard InChI is InChI=1S/C15H10N4O/c1-9-4-11(6-12(5-9)15(18)20)13-3-2-10(7-16)14(8-17)19-13/h2-6H,1H3,(H2,18,20). The summed E-state index contributed by atoms with van der Waals surface area (Å²) in [6.07, 6.45) is 0. The van der Waals surface area contributed by atoms with Crippen molar-refractivity contribution < 1.29 is 4.79 Å². The molecule has 20 heavy (non-hydrogen) atoms. The molecule has 0 saturated heterocycles. The number of nitriles is 2. The highest BCUT2D eigenvalue weighted by Crippen LogP contribution is 2.22. The van der Waals surface area contributed by atoms with Crippen LogP contribution >= 0.6 is 0 Å². The zero-order valence-corrected chi connectivity index (χ0v) is 10.7. The molecule has 0 aliphatic carbocycles. The fourth-order valence-corrected chi connectivity index (χ4v) is 1.87. The molecule has 0 aliphatic rings. The van der Waals surface area contributed by atoms with Crippen LogP contribution in [-0.2, 0) is 0 Å². The highest BCUT2D eigenvalue weighted by molar-refractivity contribution is 5.94. The lowest BCUT2D eigenvalue weighted by molar-refractivity contribution is 0.1000. The third-order valence-electron chi connectivity index (χ3n) is 2.78. The molecule has 96 valence electrons. The summed E-state index contributed by atoms with van der Waals surface area (Å²) in [6, 6.07) is 12.1. The summed E-state index contributed by atoms with van der Waals surface area (Å²) in [4.78, 5) is 15.4. The molecule has 2 rings (SSSR count). The van der Waals surface area contributed by atoms with Gasteiger partial charge in [-0.3, -0.25) is 4.79 Å². The number of amides is 1. The first-order chi connectivity index (χ1) is 9.55. The van der Waals surface area contributed by atoms with E-state index in [4.69, 9.17) is 16.3 Å². The fraction of sp³-hybridized carbons (Fsp3) is 0.0667. The van der Waals surface area contributed by atoms with Crippen LogP contribution < -0.4 is 5.73 Å². The lowest BCUT2D eigenvalue weighted by Crippen LogP contribution is -2.11. The normalized spacial score (nSPS) is 9.55. The van der Waals surface area contributed by atoms with Gasteiger partial charge in [0.2, 0.25) is 5.91 Å². The molecule has 0 atom stereocenters. The van der Waals surface area contributed by atoms with Crippen LogP contribution in [0.2, 0.25) is 0 Å². The summed E-state index contributed by atoms with van der Waals surface area (Å²) in [5, 5.41) is 17.9. The summed E-state index contributed by atoms with van der Waals surface area (Å²) in [7, 11) is 0. The number of benzene rings is 1. The Labute approximate surface area is 115 Å². The summed E-state index contributed by atoms with van der Waals surface area (Å²) >= 11 is 0. The van der Waals surface area contributed by atoms with Gasteiger partial charge in [-0.05, 0) is 42.8 Å². The number of hydrogen-bond donors (Lipinski definition) is 1. The number of rotatable bonds is 2. The molecule has 1 aromatic heterocycles. The van der Waals surface area contributed by atoms with Gasteiger partial charge < -0.3 is 5.73 Å². The fourth-order valence-electron chi connectivity index (χ4n) is 1.87. The lowest BCUT2D eigenvalue weighted by Gasteiger charge is -2.06. The number of primary amides is 1. The van der Waals surface area contributed by atoms with Gasteiger partial charge in [-0.2, -0.15) is 10.5 Å². The Bertz CT molecular complexity index is 781. The van der Waals surface area contributed by atoms with E-state index < -0.39 is 5.91 Å². The molecule has 5 nitrogen and oxygen atoms in total. The smallest absolute Gasteiger partial charge is 0.248 e. The van der Waals surface area contributed by atoms with Crippen LogP contribution in [0.5, 0.6) is 0 Å². The third kappa shape index (κ3) is 2.47. The molecule has 5 heteroatoms. The Morgan fingerprint density at radius 1 is 1.20 bits per heavy atom. The van der Waals surface area contributed by atoms with Gasteiger partial charge in [-0.1, -0.05) is 0 Å². The summed E-state index contributed by atoms with van der Waals surface area (Å²) in [5.74, 6) is -0.524. The van der Waals surface area contributed by atoms with E-state index in [9.17, 15) is 4.79 Å². The summed E-state index contributed by atoms with van der Waals surface area (Å²) in [6.45, 7) is 1.84. The topological polar surface area (TPSA) is 104 Å². The van der Waals surface area contributed by atoms with Crippen molar-refractivity contribution >= 4 is 5.91 Å². The van der Waals surface area contributed by atoms with Crippen LogP contribution in [0.25, 0.3) is 11.3 Å². The molecule has 1 amide bonds. The van der Waals surface area contributed by atoms with Crippen molar-refractivity contribution in [1.29, 1.82) is 10.5 Å². The minimum absolute atomic E-state index is 0.0622. The van der Waals surface area contributed by atoms with E-state index in [0.717, 1.165) is 5.56 Å². The molecule has 2 aromatic rings. The molecule has 0 saturated carbocycles. The SMILES string of the molecule is Cc1cc(C(N)=O)cc(-c2ccc(C#N)c(C#N)n2)c1. The van der Waals surface area contributed by atoms with Crippen LogP contribution in [-0.4, -0.2) is 10.9 Å². The van der Waals surface area contributed by atoms with E-state index in [0.29, 0.717) is 16.8 Å². The molecule has 1 heterocycles. The zero-order valence-electron chi connectivity index (χ0n) is 10.7. The Hall–Kier alpha value is -3.18. The molecular weight excluding hydrogens is 252 g/mol. The molecule has 0 radical (unpaired) electrons. The van der Waals surface area contributed by atoms with E-state index in [1.54, 1.807) is 18.2 Å². The highest BCUT2D eigenvalue weighted by Gasteiger charge is 2.09. The van der Waals surface area contributed by atoms with Crippen LogP contribution in [0.1, 0.15) is 27.2 Å². The minimum Gasteiger partial charge on any atom is -0.366 e. The quantitative estimate of drug-likeness (QED) is 0.892. The van der Waals surface area contributed by atoms with Gasteiger partial charge in [0, 0.05) is 11.1 Å². The Kier molecular flexibility index (Phi) is 3.45. The maximum atomic E-state index is 11.3. The van der Waals surface area contributed by atoms with Crippen molar-refractivity contribution in [3.8, 4) is 23.4 Å². The first-order valence-electron chi connectivity index (χ1n) is 5.78. The number of carbonyl (C=O) groups is 1. The first kappa shape index (κ1) is 13.3. The molecule has 0 unspecified atom stereocenters. The van der Waals surface area contributed by atoms with Crippen molar-refractivity contribution in [3.63, 3.8) is 0 Å². The molecule has 0 bridgehead atoms. The van der Waals surface area contributed by atoms with E-state index in [1.807, 2.05) is 25.1 Å². The number of aryl methyl sites for hydroxylation is 1. The highest BCUT2D eigenvalue weighted by atomic mass is 16.1. The Morgan fingerprint density at radius 2 is 1.95 bits per heavy atom. The molecule has 2 N–H and O–H groups in total. The van der Waals surface area contributed by atoms with Gasteiger partial charge >= 0.3 is 0 Å². The van der Waals surface area contributed by atoms with Gasteiger partial charge in [0.15, 0.2) is 5.69 Å². The molecule has 0 aliphatic heterocycles. The average Bonchev–Trinajstić information content (AvgIpc) is 2.45. The number of nitrogens with two attached hydrogens (primary N) is 1. The second-order valence-electron chi connectivity index (χ2n) is 4.27. The summed E-state index contributed by atoms with van der Waals surface area (Å²) in [5.41, 5.74) is 8.00. The van der Waals surface area contributed by atoms with Gasteiger partial charge in [-0.15, -0.1) is 0 Å². The summed E-state index contributed by atoms with van der Waals surface area (Å²) < 4.78 is 0. The van der Waals surface area contributed by atoms with Crippen LogP contribution in [0.15, 0.2) is 30.3 Å². The Balaban J connectivity index is 2.61. The number of hydrogen-bond acceptors (Lipinski definition) is 4. The Morgan fingerprint density at radius 3 is 2.55 bits per heavy atom. The van der Waals surface area contributed by atoms with Gasteiger partial charge in [0.1, 0.15) is 12.1 Å². The van der Waals surface area contributed by atoms with Crippen molar-refractivity contribution in [3.05, 3.63) is 52.7 Å². The van der Waals surface area contributed by atoms with E-state index in [2.05, 4.69) is 4.98 Å². The molecule has 0 fully saturated rings. The van der Waals surface area contributed by atoms with Gasteiger partial charge in [0.05, 0.1) is 11.3 Å². The molecule has 1 aromatic carbocycles. The van der Waals surface area contributed by atoms with Crippen molar-refractivity contribution in [2.45, 2.75) is 6.92 Å². The predicted molar refractivity (Wildman–Crippen MR) is 72.4 cm³/mol. The van der Waals surface area contributed by atoms with E-state index in [-0.39, 0.29) is 11.3 Å². The monoisotopic (exact) mass is 262 g/mol. The van der Waals surface area contributed by atoms with Crippen LogP contribution in [0, 0.1) is 29.6 Å². The average molecular weight is 262 g/mol. The van der Waals surface area contributed by atoms with Crippen LogP contribution in [0.3, 0.4) is 0 Å². The zero-order chi connectivity index (χ0) is 14.7. The van der Waals surface area contributed by atoms with Crippen molar-refractivity contribution in [2.24, 2.45) is 5.73 Å². The molecular formula is C15H10N4O. The number of carbonyl (C=O) groups excluding carboxylic acids is 1. The van der Waals surface area contributed by atoms with Crippen LogP contribution in [0.4, 0.5) is 0 Å². The molecule has 0 spiro atoms. The van der Waals surface area contributed by atoms with Crippen molar-refractivity contribution in [2.75, 3.05) is 0 Å². The maximum Gasteiger partial charge on any atom is 0.248 e. The van der Waals surface area contributed by atoms with Gasteiger partial charge in [0.25, 0.3) is 0 Å². The van der Waals surface area contributed by atoms with E-state index in [1.165, 1.54) is 6.07 Å². The first-order valence-corrected chi connectivity index (χ1v) is 5.78.